The molecule has 3 nitrogen and oxygen atoms in total. The number of amides is 2. The quantitative estimate of drug-likeness (QED) is 0.754. The Morgan fingerprint density at radius 2 is 2.07 bits per heavy atom. The molecular formula is C11H16N2O. The van der Waals surface area contributed by atoms with E-state index in [1.54, 1.807) is 0 Å². The zero-order valence-corrected chi connectivity index (χ0v) is 8.36. The van der Waals surface area contributed by atoms with Crippen molar-refractivity contribution in [3.05, 3.63) is 35.9 Å². The van der Waals surface area contributed by atoms with E-state index in [1.807, 2.05) is 30.3 Å². The van der Waals surface area contributed by atoms with Crippen molar-refractivity contribution in [2.75, 3.05) is 0 Å². The summed E-state index contributed by atoms with van der Waals surface area (Å²) >= 11 is 0. The molecule has 0 bridgehead atoms. The first kappa shape index (κ1) is 10.6. The van der Waals surface area contributed by atoms with Crippen molar-refractivity contribution in [1.82, 2.24) is 5.32 Å². The lowest BCUT2D eigenvalue weighted by Gasteiger charge is -2.16. The lowest BCUT2D eigenvalue weighted by molar-refractivity contribution is 0.244. The number of hydrogen-bond donors (Lipinski definition) is 2. The van der Waals surface area contributed by atoms with Crippen LogP contribution >= 0.6 is 0 Å². The number of carbonyl (C=O) groups is 1. The van der Waals surface area contributed by atoms with Crippen LogP contribution in [-0.2, 0) is 0 Å². The highest BCUT2D eigenvalue weighted by atomic mass is 16.2. The first-order valence-electron chi connectivity index (χ1n) is 4.85. The molecule has 76 valence electrons. The summed E-state index contributed by atoms with van der Waals surface area (Å²) in [5.74, 6) is 0. The van der Waals surface area contributed by atoms with Crippen LogP contribution in [0.1, 0.15) is 31.4 Å². The molecular weight excluding hydrogens is 176 g/mol. The molecule has 1 rings (SSSR count). The zero-order chi connectivity index (χ0) is 10.4. The Hall–Kier alpha value is -1.51. The summed E-state index contributed by atoms with van der Waals surface area (Å²) in [5.41, 5.74) is 6.22. The normalized spacial score (nSPS) is 12.1. The van der Waals surface area contributed by atoms with Crippen LogP contribution in [0.3, 0.4) is 0 Å². The van der Waals surface area contributed by atoms with E-state index >= 15 is 0 Å². The van der Waals surface area contributed by atoms with Gasteiger partial charge in [0, 0.05) is 0 Å². The Bertz CT molecular complexity index is 285. The van der Waals surface area contributed by atoms with E-state index in [1.165, 1.54) is 0 Å². The maximum atomic E-state index is 10.8. The number of carbonyl (C=O) groups excluding carboxylic acids is 1. The molecule has 3 heteroatoms. The van der Waals surface area contributed by atoms with E-state index in [9.17, 15) is 4.79 Å². The topological polar surface area (TPSA) is 55.1 Å². The average Bonchev–Trinajstić information content (AvgIpc) is 2.18. The van der Waals surface area contributed by atoms with Crippen LogP contribution in [0, 0.1) is 0 Å². The molecule has 1 atom stereocenters. The zero-order valence-electron chi connectivity index (χ0n) is 8.36. The van der Waals surface area contributed by atoms with Gasteiger partial charge in [0.25, 0.3) is 0 Å². The van der Waals surface area contributed by atoms with E-state index < -0.39 is 6.03 Å². The third-order valence-electron chi connectivity index (χ3n) is 2.10. The van der Waals surface area contributed by atoms with E-state index in [0.29, 0.717) is 0 Å². The molecule has 1 aromatic rings. The van der Waals surface area contributed by atoms with E-state index in [4.69, 9.17) is 5.73 Å². The minimum Gasteiger partial charge on any atom is -0.352 e. The minimum absolute atomic E-state index is 0.0405. The third kappa shape index (κ3) is 3.09. The molecule has 0 radical (unpaired) electrons. The van der Waals surface area contributed by atoms with Crippen LogP contribution in [0.25, 0.3) is 0 Å². The summed E-state index contributed by atoms with van der Waals surface area (Å²) in [5, 5.41) is 2.74. The lowest BCUT2D eigenvalue weighted by Crippen LogP contribution is -2.33. The lowest BCUT2D eigenvalue weighted by atomic mass is 10.0. The van der Waals surface area contributed by atoms with Crippen LogP contribution in [0.5, 0.6) is 0 Å². The summed E-state index contributed by atoms with van der Waals surface area (Å²) in [6, 6.07) is 9.44. The van der Waals surface area contributed by atoms with Gasteiger partial charge in [-0.2, -0.15) is 0 Å². The summed E-state index contributed by atoms with van der Waals surface area (Å²) < 4.78 is 0. The second kappa shape index (κ2) is 5.27. The Morgan fingerprint density at radius 3 is 2.57 bits per heavy atom. The molecule has 0 fully saturated rings. The van der Waals surface area contributed by atoms with E-state index in [2.05, 4.69) is 12.2 Å². The fourth-order valence-electron chi connectivity index (χ4n) is 1.47. The minimum atomic E-state index is -0.465. The SMILES string of the molecule is CCCC(NC(N)=O)c1ccccc1. The molecule has 0 spiro atoms. The first-order chi connectivity index (χ1) is 6.74. The van der Waals surface area contributed by atoms with Crippen molar-refractivity contribution in [2.24, 2.45) is 5.73 Å². The number of urea groups is 1. The van der Waals surface area contributed by atoms with Gasteiger partial charge >= 0.3 is 6.03 Å². The molecule has 0 aliphatic heterocycles. The van der Waals surface area contributed by atoms with Gasteiger partial charge < -0.3 is 11.1 Å². The van der Waals surface area contributed by atoms with Gasteiger partial charge in [0.2, 0.25) is 0 Å². The monoisotopic (exact) mass is 192 g/mol. The van der Waals surface area contributed by atoms with Gasteiger partial charge in [-0.05, 0) is 12.0 Å². The van der Waals surface area contributed by atoms with E-state index in [-0.39, 0.29) is 6.04 Å². The molecule has 1 unspecified atom stereocenters. The molecule has 0 saturated carbocycles. The number of hydrogen-bond acceptors (Lipinski definition) is 1. The standard InChI is InChI=1S/C11H16N2O/c1-2-6-10(13-11(12)14)9-7-4-3-5-8-9/h3-5,7-8,10H,2,6H2,1H3,(H3,12,13,14). The van der Waals surface area contributed by atoms with Gasteiger partial charge in [-0.25, -0.2) is 4.79 Å². The maximum absolute atomic E-state index is 10.8. The van der Waals surface area contributed by atoms with E-state index in [0.717, 1.165) is 18.4 Å². The van der Waals surface area contributed by atoms with Crippen molar-refractivity contribution in [3.8, 4) is 0 Å². The summed E-state index contributed by atoms with van der Waals surface area (Å²) in [6.45, 7) is 2.08. The number of primary amides is 1. The first-order valence-corrected chi connectivity index (χ1v) is 4.85. The largest absolute Gasteiger partial charge is 0.352 e. The van der Waals surface area contributed by atoms with Crippen molar-refractivity contribution >= 4 is 6.03 Å². The Labute approximate surface area is 84.3 Å². The van der Waals surface area contributed by atoms with Crippen molar-refractivity contribution in [3.63, 3.8) is 0 Å². The number of nitrogens with two attached hydrogens (primary N) is 1. The van der Waals surface area contributed by atoms with Crippen LogP contribution in [0.2, 0.25) is 0 Å². The Balaban J connectivity index is 2.72. The highest BCUT2D eigenvalue weighted by Gasteiger charge is 2.10. The van der Waals surface area contributed by atoms with Gasteiger partial charge in [-0.3, -0.25) is 0 Å². The van der Waals surface area contributed by atoms with Gasteiger partial charge in [0.05, 0.1) is 6.04 Å². The third-order valence-corrected chi connectivity index (χ3v) is 2.10. The smallest absolute Gasteiger partial charge is 0.312 e. The molecule has 0 aliphatic rings. The summed E-state index contributed by atoms with van der Waals surface area (Å²) in [7, 11) is 0. The number of rotatable bonds is 4. The second-order valence-electron chi connectivity index (χ2n) is 3.26. The van der Waals surface area contributed by atoms with Crippen molar-refractivity contribution in [1.29, 1.82) is 0 Å². The molecule has 1 aromatic carbocycles. The predicted molar refractivity (Wildman–Crippen MR) is 56.8 cm³/mol. The van der Waals surface area contributed by atoms with Crippen LogP contribution < -0.4 is 11.1 Å². The highest BCUT2D eigenvalue weighted by Crippen LogP contribution is 2.17. The summed E-state index contributed by atoms with van der Waals surface area (Å²) in [6.07, 6.45) is 1.92. The molecule has 0 heterocycles. The second-order valence-corrected chi connectivity index (χ2v) is 3.26. The molecule has 2 amide bonds. The van der Waals surface area contributed by atoms with Gasteiger partial charge in [0.15, 0.2) is 0 Å². The average molecular weight is 192 g/mol. The molecule has 0 aromatic heterocycles. The molecule has 14 heavy (non-hydrogen) atoms. The predicted octanol–water partition coefficient (Wildman–Crippen LogP) is 2.20. The molecule has 0 saturated heterocycles. The van der Waals surface area contributed by atoms with Gasteiger partial charge in [-0.1, -0.05) is 43.7 Å². The Kier molecular flexibility index (Phi) is 3.98. The van der Waals surface area contributed by atoms with Crippen LogP contribution in [0.4, 0.5) is 4.79 Å². The number of benzene rings is 1. The van der Waals surface area contributed by atoms with Crippen molar-refractivity contribution in [2.45, 2.75) is 25.8 Å². The fourth-order valence-corrected chi connectivity index (χ4v) is 1.47. The fraction of sp³-hybridized carbons (Fsp3) is 0.364. The summed E-state index contributed by atoms with van der Waals surface area (Å²) in [4.78, 5) is 10.8. The van der Waals surface area contributed by atoms with Crippen LogP contribution in [0.15, 0.2) is 30.3 Å². The Morgan fingerprint density at radius 1 is 1.43 bits per heavy atom. The molecule has 0 aliphatic carbocycles. The van der Waals surface area contributed by atoms with Gasteiger partial charge in [-0.15, -0.1) is 0 Å². The number of nitrogens with one attached hydrogen (secondary N) is 1. The van der Waals surface area contributed by atoms with Gasteiger partial charge in [0.1, 0.15) is 0 Å². The highest BCUT2D eigenvalue weighted by molar-refractivity contribution is 5.72. The van der Waals surface area contributed by atoms with Crippen molar-refractivity contribution < 1.29 is 4.79 Å². The molecule has 3 N–H and O–H groups in total. The maximum Gasteiger partial charge on any atom is 0.312 e. The van der Waals surface area contributed by atoms with Crippen LogP contribution in [-0.4, -0.2) is 6.03 Å².